The zero-order chi connectivity index (χ0) is 22.8. The summed E-state index contributed by atoms with van der Waals surface area (Å²) >= 11 is 0. The van der Waals surface area contributed by atoms with E-state index in [0.29, 0.717) is 31.4 Å². The number of aliphatic carboxylic acids is 1. The van der Waals surface area contributed by atoms with E-state index >= 15 is 0 Å². The van der Waals surface area contributed by atoms with Crippen LogP contribution in [0.25, 0.3) is 0 Å². The normalized spacial score (nSPS) is 17.4. The predicted molar refractivity (Wildman–Crippen MR) is 117 cm³/mol. The number of carboxylic acid groups (broad SMARTS) is 1. The maximum Gasteiger partial charge on any atom is 0.412 e. The molecule has 1 heterocycles. The number of nitrogens with one attached hydrogen (secondary N) is 1. The number of carbonyl (C=O) groups is 3. The number of carboxylic acids is 1. The summed E-state index contributed by atoms with van der Waals surface area (Å²) < 4.78 is 6.53. The fourth-order valence-corrected chi connectivity index (χ4v) is 3.36. The molecule has 1 saturated heterocycles. The van der Waals surface area contributed by atoms with Gasteiger partial charge < -0.3 is 20.1 Å². The van der Waals surface area contributed by atoms with Gasteiger partial charge in [0, 0.05) is 24.2 Å². The molecule has 1 aliphatic rings. The molecule has 0 saturated carbocycles. The highest BCUT2D eigenvalue weighted by molar-refractivity contribution is 5.98. The zero-order valence-electron chi connectivity index (χ0n) is 18.0. The molecule has 166 valence electrons. The van der Waals surface area contributed by atoms with Gasteiger partial charge in [0.2, 0.25) is 0 Å². The number of carbonyl (C=O) groups excluding carboxylic acids is 2. The van der Waals surface area contributed by atoms with Gasteiger partial charge in [-0.2, -0.15) is 4.58 Å². The standard InChI is InChI=1S/C23H29N3O5/c1-4-19(21(27)26-13-8-11-20(26)22(28)29)12-14-25(3)16-31-23(30)24-17(2)15-18-9-6-5-7-10-18/h4-7,9-10,12,14,17,20H,3,8,11,13,15-16H2,1-2H3,(H-,24,28,29,30)/p+1/b14-12-,19-4+/t17-,20-/m0/s1. The monoisotopic (exact) mass is 428 g/mol. The highest BCUT2D eigenvalue weighted by Crippen LogP contribution is 2.20. The molecule has 1 fully saturated rings. The molecule has 0 aliphatic carbocycles. The van der Waals surface area contributed by atoms with Crippen LogP contribution in [0.15, 0.2) is 54.3 Å². The number of nitrogens with zero attached hydrogens (tertiary/aromatic N) is 2. The summed E-state index contributed by atoms with van der Waals surface area (Å²) in [5, 5.41) is 12.0. The molecule has 0 spiro atoms. The second-order valence-electron chi connectivity index (χ2n) is 7.44. The third kappa shape index (κ3) is 7.40. The van der Waals surface area contributed by atoms with Crippen molar-refractivity contribution in [3.63, 3.8) is 0 Å². The highest BCUT2D eigenvalue weighted by Gasteiger charge is 2.34. The molecule has 8 heteroatoms. The van der Waals surface area contributed by atoms with Crippen LogP contribution in [-0.4, -0.2) is 64.6 Å². The number of alkyl carbamates (subject to hydrolysis) is 1. The molecule has 31 heavy (non-hydrogen) atoms. The summed E-state index contributed by atoms with van der Waals surface area (Å²) in [4.78, 5) is 37.3. The van der Waals surface area contributed by atoms with E-state index in [1.54, 1.807) is 13.0 Å². The number of rotatable bonds is 9. The molecule has 1 aromatic rings. The van der Waals surface area contributed by atoms with Crippen LogP contribution in [0.3, 0.4) is 0 Å². The van der Waals surface area contributed by atoms with Crippen LogP contribution in [0.2, 0.25) is 0 Å². The van der Waals surface area contributed by atoms with E-state index < -0.39 is 18.1 Å². The Hall–Kier alpha value is -3.42. The molecule has 0 radical (unpaired) electrons. The lowest BCUT2D eigenvalue weighted by molar-refractivity contribution is -0.488. The van der Waals surface area contributed by atoms with Crippen LogP contribution in [0, 0.1) is 0 Å². The van der Waals surface area contributed by atoms with Crippen LogP contribution in [0.5, 0.6) is 0 Å². The highest BCUT2D eigenvalue weighted by atomic mass is 16.6. The first-order valence-electron chi connectivity index (χ1n) is 10.2. The van der Waals surface area contributed by atoms with E-state index in [1.807, 2.05) is 37.3 Å². The van der Waals surface area contributed by atoms with Crippen LogP contribution >= 0.6 is 0 Å². The summed E-state index contributed by atoms with van der Waals surface area (Å²) in [6.45, 7) is 7.67. The quantitative estimate of drug-likeness (QED) is 0.207. The average Bonchev–Trinajstić information content (AvgIpc) is 3.23. The smallest absolute Gasteiger partial charge is 0.412 e. The summed E-state index contributed by atoms with van der Waals surface area (Å²) in [7, 11) is 0. The Kier molecular flexibility index (Phi) is 8.99. The van der Waals surface area contributed by atoms with Crippen molar-refractivity contribution in [2.45, 2.75) is 45.2 Å². The van der Waals surface area contributed by atoms with Gasteiger partial charge in [0.05, 0.1) is 0 Å². The first kappa shape index (κ1) is 23.9. The Morgan fingerprint density at radius 3 is 2.71 bits per heavy atom. The lowest BCUT2D eigenvalue weighted by Crippen LogP contribution is -2.40. The molecule has 2 atom stereocenters. The summed E-state index contributed by atoms with van der Waals surface area (Å²) in [5.74, 6) is -1.34. The fourth-order valence-electron chi connectivity index (χ4n) is 3.36. The van der Waals surface area contributed by atoms with Crippen LogP contribution in [0.1, 0.15) is 32.3 Å². The molecule has 2 rings (SSSR count). The fraction of sp³-hybridized carbons (Fsp3) is 0.391. The van der Waals surface area contributed by atoms with Gasteiger partial charge in [-0.1, -0.05) is 36.4 Å². The Labute approximate surface area is 182 Å². The lowest BCUT2D eigenvalue weighted by atomic mass is 10.1. The summed E-state index contributed by atoms with van der Waals surface area (Å²) in [6.07, 6.45) is 5.90. The minimum Gasteiger partial charge on any atom is -0.480 e. The molecule has 1 aliphatic heterocycles. The topological polar surface area (TPSA) is 99.0 Å². The van der Waals surface area contributed by atoms with Crippen molar-refractivity contribution in [3.8, 4) is 0 Å². The molecular weight excluding hydrogens is 398 g/mol. The number of allylic oxidation sites excluding steroid dienone is 1. The van der Waals surface area contributed by atoms with Crippen molar-refractivity contribution < 1.29 is 28.8 Å². The first-order valence-corrected chi connectivity index (χ1v) is 10.2. The van der Waals surface area contributed by atoms with Gasteiger partial charge in [-0.05, 0) is 38.7 Å². The summed E-state index contributed by atoms with van der Waals surface area (Å²) in [6, 6.07) is 8.93. The van der Waals surface area contributed by atoms with Crippen LogP contribution < -0.4 is 5.32 Å². The number of hydrogen-bond donors (Lipinski definition) is 2. The van der Waals surface area contributed by atoms with E-state index in [9.17, 15) is 19.5 Å². The second kappa shape index (κ2) is 11.7. The van der Waals surface area contributed by atoms with Crippen molar-refractivity contribution in [2.24, 2.45) is 0 Å². The van der Waals surface area contributed by atoms with E-state index in [0.717, 1.165) is 5.56 Å². The number of benzene rings is 1. The average molecular weight is 429 g/mol. The van der Waals surface area contributed by atoms with Gasteiger partial charge in [-0.3, -0.25) is 4.79 Å². The molecule has 8 nitrogen and oxygen atoms in total. The molecule has 0 unspecified atom stereocenters. The number of amides is 2. The van der Waals surface area contributed by atoms with Crippen molar-refractivity contribution >= 4 is 24.7 Å². The van der Waals surface area contributed by atoms with Gasteiger partial charge in [0.15, 0.2) is 6.20 Å². The maximum absolute atomic E-state index is 12.7. The van der Waals surface area contributed by atoms with Crippen LogP contribution in [0.4, 0.5) is 4.79 Å². The largest absolute Gasteiger partial charge is 0.480 e. The molecular formula is C23H30N3O5+. The SMILES string of the molecule is C=[N+](/C=C\C(=C/C)C(=O)N1CCC[C@H]1C(=O)O)COC(=O)N[C@@H](C)Cc1ccccc1. The maximum atomic E-state index is 12.7. The molecule has 0 bridgehead atoms. The second-order valence-corrected chi connectivity index (χ2v) is 7.44. The van der Waals surface area contributed by atoms with Gasteiger partial charge >= 0.3 is 12.1 Å². The lowest BCUT2D eigenvalue weighted by Gasteiger charge is -2.21. The Bertz CT molecular complexity index is 863. The zero-order valence-corrected chi connectivity index (χ0v) is 18.0. The molecule has 2 amide bonds. The first-order chi connectivity index (χ1) is 14.8. The van der Waals surface area contributed by atoms with Crippen molar-refractivity contribution in [3.05, 3.63) is 59.8 Å². The van der Waals surface area contributed by atoms with Crippen molar-refractivity contribution in [1.82, 2.24) is 10.2 Å². The van der Waals surface area contributed by atoms with E-state index in [4.69, 9.17) is 4.74 Å². The van der Waals surface area contributed by atoms with Gasteiger partial charge in [0.1, 0.15) is 12.8 Å². The Morgan fingerprint density at radius 2 is 2.06 bits per heavy atom. The summed E-state index contributed by atoms with van der Waals surface area (Å²) in [5.41, 5.74) is 1.46. The van der Waals surface area contributed by atoms with E-state index in [2.05, 4.69) is 12.0 Å². The minimum atomic E-state index is -0.995. The molecule has 0 aromatic heterocycles. The van der Waals surface area contributed by atoms with Crippen LogP contribution in [-0.2, 0) is 20.7 Å². The Balaban J connectivity index is 1.80. The van der Waals surface area contributed by atoms with Crippen molar-refractivity contribution in [1.29, 1.82) is 0 Å². The van der Waals surface area contributed by atoms with Gasteiger partial charge in [-0.15, -0.1) is 0 Å². The number of likely N-dealkylation sites (tertiary alicyclic amines) is 1. The Morgan fingerprint density at radius 1 is 1.35 bits per heavy atom. The van der Waals surface area contributed by atoms with Gasteiger partial charge in [0.25, 0.3) is 12.6 Å². The van der Waals surface area contributed by atoms with E-state index in [-0.39, 0.29) is 18.7 Å². The predicted octanol–water partition coefficient (Wildman–Crippen LogP) is 2.55. The minimum absolute atomic E-state index is 0.0985. The third-order valence-electron chi connectivity index (χ3n) is 4.93. The van der Waals surface area contributed by atoms with Gasteiger partial charge in [-0.25, -0.2) is 9.59 Å². The number of hydrogen-bond acceptors (Lipinski definition) is 4. The van der Waals surface area contributed by atoms with E-state index in [1.165, 1.54) is 21.8 Å². The molecule has 2 N–H and O–H groups in total. The third-order valence-corrected chi connectivity index (χ3v) is 4.93. The molecule has 1 aromatic carbocycles. The number of ether oxygens (including phenoxy) is 1. The van der Waals surface area contributed by atoms with Crippen molar-refractivity contribution in [2.75, 3.05) is 13.3 Å².